The Labute approximate surface area is 210 Å². The van der Waals surface area contributed by atoms with Gasteiger partial charge in [-0.1, -0.05) is 59.3 Å². The Hall–Kier alpha value is -3.14. The smallest absolute Gasteiger partial charge is 0.236 e. The van der Waals surface area contributed by atoms with Crippen molar-refractivity contribution in [1.82, 2.24) is 19.7 Å². The van der Waals surface area contributed by atoms with E-state index in [-0.39, 0.29) is 18.3 Å². The lowest BCUT2D eigenvalue weighted by atomic mass is 10.2. The van der Waals surface area contributed by atoms with Gasteiger partial charge >= 0.3 is 0 Å². The largest absolute Gasteiger partial charge is 0.486 e. The second-order valence-corrected chi connectivity index (χ2v) is 9.52. The maximum atomic E-state index is 12.5. The number of nitrogens with zero attached hydrogens (tertiary/aromatic N) is 4. The molecule has 0 bridgehead atoms. The molecule has 4 aromatic rings. The standard InChI is InChI=1S/C24H22ClN5O2S2/c1-3-12-30-21(13-32-19-10-4-16(2)5-11-19)28-29-24(30)34-15-22(31)27-23-26-20(14-33-23)17-6-8-18(25)9-7-17/h3-11,14H,1,12-13,15H2,2H3,(H,26,27,31). The highest BCUT2D eigenvalue weighted by atomic mass is 35.5. The van der Waals surface area contributed by atoms with Crippen molar-refractivity contribution in [2.24, 2.45) is 0 Å². The topological polar surface area (TPSA) is 81.9 Å². The van der Waals surface area contributed by atoms with Gasteiger partial charge < -0.3 is 10.1 Å². The van der Waals surface area contributed by atoms with E-state index in [2.05, 4.69) is 27.1 Å². The van der Waals surface area contributed by atoms with Gasteiger partial charge in [0.05, 0.1) is 11.4 Å². The Kier molecular flexibility index (Phi) is 7.99. The second-order valence-electron chi connectivity index (χ2n) is 7.28. The van der Waals surface area contributed by atoms with E-state index in [0.29, 0.717) is 27.7 Å². The first-order chi connectivity index (χ1) is 16.5. The summed E-state index contributed by atoms with van der Waals surface area (Å²) in [6.07, 6.45) is 1.76. The van der Waals surface area contributed by atoms with Gasteiger partial charge in [0.1, 0.15) is 12.4 Å². The van der Waals surface area contributed by atoms with Crippen LogP contribution in [0.2, 0.25) is 5.02 Å². The fourth-order valence-electron chi connectivity index (χ4n) is 3.00. The molecule has 1 N–H and O–H groups in total. The Morgan fingerprint density at radius 2 is 1.97 bits per heavy atom. The van der Waals surface area contributed by atoms with Gasteiger partial charge in [-0.25, -0.2) is 4.98 Å². The van der Waals surface area contributed by atoms with Crippen LogP contribution in [0.3, 0.4) is 0 Å². The number of benzene rings is 2. The zero-order chi connectivity index (χ0) is 23.9. The molecule has 174 valence electrons. The first kappa shape index (κ1) is 24.0. The molecule has 0 aliphatic heterocycles. The summed E-state index contributed by atoms with van der Waals surface area (Å²) in [6.45, 7) is 6.62. The lowest BCUT2D eigenvalue weighted by Crippen LogP contribution is -2.15. The SMILES string of the molecule is C=CCn1c(COc2ccc(C)cc2)nnc1SCC(=O)Nc1nc(-c2ccc(Cl)cc2)cs1. The van der Waals surface area contributed by atoms with Crippen LogP contribution in [0.1, 0.15) is 11.4 Å². The summed E-state index contributed by atoms with van der Waals surface area (Å²) < 4.78 is 7.73. The normalized spacial score (nSPS) is 10.8. The summed E-state index contributed by atoms with van der Waals surface area (Å²) in [6, 6.07) is 15.2. The highest BCUT2D eigenvalue weighted by Gasteiger charge is 2.15. The minimum Gasteiger partial charge on any atom is -0.486 e. The van der Waals surface area contributed by atoms with E-state index in [1.807, 2.05) is 65.4 Å². The average Bonchev–Trinajstić information content (AvgIpc) is 3.45. The molecule has 0 saturated carbocycles. The van der Waals surface area contributed by atoms with Crippen molar-refractivity contribution < 1.29 is 9.53 Å². The van der Waals surface area contributed by atoms with E-state index < -0.39 is 0 Å². The van der Waals surface area contributed by atoms with Gasteiger partial charge in [-0.05, 0) is 31.2 Å². The van der Waals surface area contributed by atoms with Crippen molar-refractivity contribution in [3.63, 3.8) is 0 Å². The number of allylic oxidation sites excluding steroid dienone is 1. The minimum absolute atomic E-state index is 0.171. The molecule has 0 atom stereocenters. The number of nitrogens with one attached hydrogen (secondary N) is 1. The van der Waals surface area contributed by atoms with E-state index in [0.717, 1.165) is 22.6 Å². The van der Waals surface area contributed by atoms with Crippen molar-refractivity contribution >= 4 is 45.7 Å². The number of carbonyl (C=O) groups is 1. The van der Waals surface area contributed by atoms with Gasteiger partial charge in [0.2, 0.25) is 5.91 Å². The lowest BCUT2D eigenvalue weighted by Gasteiger charge is -2.09. The van der Waals surface area contributed by atoms with Gasteiger partial charge in [-0.15, -0.1) is 28.1 Å². The predicted molar refractivity (Wildman–Crippen MR) is 138 cm³/mol. The molecule has 34 heavy (non-hydrogen) atoms. The number of aromatic nitrogens is 4. The molecule has 1 amide bonds. The number of thioether (sulfide) groups is 1. The monoisotopic (exact) mass is 511 g/mol. The summed E-state index contributed by atoms with van der Waals surface area (Å²) >= 11 is 8.61. The number of rotatable bonds is 10. The number of hydrogen-bond donors (Lipinski definition) is 1. The van der Waals surface area contributed by atoms with Crippen LogP contribution in [0.15, 0.2) is 71.7 Å². The molecule has 0 saturated heterocycles. The molecule has 0 spiro atoms. The third kappa shape index (κ3) is 6.25. The number of amides is 1. The minimum atomic E-state index is -0.174. The van der Waals surface area contributed by atoms with Crippen LogP contribution in [-0.2, 0) is 17.9 Å². The molecule has 0 radical (unpaired) electrons. The lowest BCUT2D eigenvalue weighted by molar-refractivity contribution is -0.113. The number of aryl methyl sites for hydroxylation is 1. The molecule has 10 heteroatoms. The predicted octanol–water partition coefficient (Wildman–Crippen LogP) is 5.86. The molecule has 2 aromatic heterocycles. The van der Waals surface area contributed by atoms with E-state index in [1.54, 1.807) is 6.08 Å². The van der Waals surface area contributed by atoms with Crippen LogP contribution in [0.5, 0.6) is 5.75 Å². The maximum Gasteiger partial charge on any atom is 0.236 e. The second kappa shape index (κ2) is 11.3. The van der Waals surface area contributed by atoms with Crippen LogP contribution in [0.25, 0.3) is 11.3 Å². The molecule has 0 aliphatic carbocycles. The number of carbonyl (C=O) groups excluding carboxylic acids is 1. The molecular formula is C24H22ClN5O2S2. The van der Waals surface area contributed by atoms with Crippen LogP contribution in [0, 0.1) is 6.92 Å². The Bertz CT molecular complexity index is 1270. The molecule has 7 nitrogen and oxygen atoms in total. The maximum absolute atomic E-state index is 12.5. The molecule has 0 fully saturated rings. The fraction of sp³-hybridized carbons (Fsp3) is 0.167. The Morgan fingerprint density at radius 1 is 1.21 bits per heavy atom. The molecular weight excluding hydrogens is 490 g/mol. The average molecular weight is 512 g/mol. The summed E-state index contributed by atoms with van der Waals surface area (Å²) in [7, 11) is 0. The van der Waals surface area contributed by atoms with E-state index in [9.17, 15) is 4.79 Å². The zero-order valence-corrected chi connectivity index (χ0v) is 20.8. The Morgan fingerprint density at radius 3 is 2.71 bits per heavy atom. The van der Waals surface area contributed by atoms with Gasteiger partial charge in [-0.3, -0.25) is 9.36 Å². The van der Waals surface area contributed by atoms with Crippen LogP contribution in [0.4, 0.5) is 5.13 Å². The number of thiazole rings is 1. The molecule has 4 rings (SSSR count). The fourth-order valence-corrected chi connectivity index (χ4v) is 4.63. The van der Waals surface area contributed by atoms with Crippen LogP contribution >= 0.6 is 34.7 Å². The van der Waals surface area contributed by atoms with Gasteiger partial charge in [0.15, 0.2) is 16.1 Å². The van der Waals surface area contributed by atoms with E-state index in [1.165, 1.54) is 23.1 Å². The van der Waals surface area contributed by atoms with E-state index >= 15 is 0 Å². The third-order valence-corrected chi connectivity index (χ3v) is 6.69. The van der Waals surface area contributed by atoms with Crippen LogP contribution < -0.4 is 10.1 Å². The summed E-state index contributed by atoms with van der Waals surface area (Å²) in [5.41, 5.74) is 2.89. The molecule has 2 heterocycles. The third-order valence-electron chi connectivity index (χ3n) is 4.72. The summed E-state index contributed by atoms with van der Waals surface area (Å²) in [5.74, 6) is 1.42. The zero-order valence-electron chi connectivity index (χ0n) is 18.4. The number of hydrogen-bond acceptors (Lipinski definition) is 7. The molecule has 0 aliphatic rings. The molecule has 0 unspecified atom stereocenters. The summed E-state index contributed by atoms with van der Waals surface area (Å²) in [4.78, 5) is 17.0. The van der Waals surface area contributed by atoms with Crippen molar-refractivity contribution in [3.8, 4) is 17.0 Å². The first-order valence-corrected chi connectivity index (χ1v) is 12.6. The van der Waals surface area contributed by atoms with Crippen molar-refractivity contribution in [1.29, 1.82) is 0 Å². The van der Waals surface area contributed by atoms with Gasteiger partial charge in [0, 0.05) is 22.5 Å². The molecule has 2 aromatic carbocycles. The quantitative estimate of drug-likeness (QED) is 0.212. The first-order valence-electron chi connectivity index (χ1n) is 10.4. The highest BCUT2D eigenvalue weighted by Crippen LogP contribution is 2.26. The van der Waals surface area contributed by atoms with Crippen molar-refractivity contribution in [2.45, 2.75) is 25.2 Å². The Balaban J connectivity index is 1.34. The number of anilines is 1. The van der Waals surface area contributed by atoms with Crippen molar-refractivity contribution in [3.05, 3.63) is 83.0 Å². The van der Waals surface area contributed by atoms with Crippen LogP contribution in [-0.4, -0.2) is 31.4 Å². The summed E-state index contributed by atoms with van der Waals surface area (Å²) in [5, 5.41) is 15.0. The number of halogens is 1. The van der Waals surface area contributed by atoms with E-state index in [4.69, 9.17) is 16.3 Å². The van der Waals surface area contributed by atoms with Crippen molar-refractivity contribution in [2.75, 3.05) is 11.1 Å². The van der Waals surface area contributed by atoms with Gasteiger partial charge in [0.25, 0.3) is 0 Å². The van der Waals surface area contributed by atoms with Gasteiger partial charge in [-0.2, -0.15) is 0 Å². The highest BCUT2D eigenvalue weighted by molar-refractivity contribution is 7.99. The number of ether oxygens (including phenoxy) is 1.